The molecular formula is C16H19F2NO. The number of phenolic OH excluding ortho intramolecular Hbond substituents is 1. The van der Waals surface area contributed by atoms with Crippen molar-refractivity contribution in [2.45, 2.75) is 34.6 Å². The van der Waals surface area contributed by atoms with Crippen LogP contribution in [-0.2, 0) is 0 Å². The molecular weight excluding hydrogens is 260 g/mol. The van der Waals surface area contributed by atoms with Crippen LogP contribution in [0.5, 0.6) is 5.75 Å². The normalized spacial score (nSPS) is 8.90. The molecule has 0 atom stereocenters. The van der Waals surface area contributed by atoms with Crippen molar-refractivity contribution in [2.24, 2.45) is 0 Å². The molecule has 2 rings (SSSR count). The second-order valence-corrected chi connectivity index (χ2v) is 3.51. The van der Waals surface area contributed by atoms with Crippen LogP contribution < -0.4 is 0 Å². The van der Waals surface area contributed by atoms with Crippen LogP contribution in [-0.4, -0.2) is 5.11 Å². The molecule has 2 nitrogen and oxygen atoms in total. The van der Waals surface area contributed by atoms with Crippen molar-refractivity contribution in [3.63, 3.8) is 0 Å². The molecule has 20 heavy (non-hydrogen) atoms. The van der Waals surface area contributed by atoms with Crippen molar-refractivity contribution in [3.05, 3.63) is 41.0 Å². The summed E-state index contributed by atoms with van der Waals surface area (Å²) >= 11 is 0. The molecule has 0 heterocycles. The van der Waals surface area contributed by atoms with Crippen LogP contribution in [0.15, 0.2) is 18.2 Å². The maximum atomic E-state index is 13.5. The zero-order chi connectivity index (χ0) is 15.9. The molecule has 0 aromatic heterocycles. The molecule has 2 aromatic rings. The van der Waals surface area contributed by atoms with Gasteiger partial charge in [-0.2, -0.15) is 5.26 Å². The van der Waals surface area contributed by atoms with Crippen LogP contribution in [0, 0.1) is 29.9 Å². The highest BCUT2D eigenvalue weighted by Gasteiger charge is 2.14. The van der Waals surface area contributed by atoms with E-state index in [1.165, 1.54) is 12.1 Å². The lowest BCUT2D eigenvalue weighted by atomic mass is 9.99. The van der Waals surface area contributed by atoms with E-state index >= 15 is 0 Å². The second kappa shape index (κ2) is 8.11. The molecule has 0 bridgehead atoms. The summed E-state index contributed by atoms with van der Waals surface area (Å²) in [7, 11) is 0. The fourth-order valence-electron chi connectivity index (χ4n) is 1.78. The third-order valence-corrected chi connectivity index (χ3v) is 2.43. The second-order valence-electron chi connectivity index (χ2n) is 3.51. The number of phenols is 1. The maximum absolute atomic E-state index is 13.5. The lowest BCUT2D eigenvalue weighted by Gasteiger charge is -2.07. The summed E-state index contributed by atoms with van der Waals surface area (Å²) < 4.78 is 26.8. The minimum Gasteiger partial charge on any atom is -0.508 e. The van der Waals surface area contributed by atoms with Crippen molar-refractivity contribution < 1.29 is 13.9 Å². The SMILES string of the molecule is CC.CC.Cc1cc(O)cc2c(F)cc(F)c(C#N)c12. The predicted octanol–water partition coefficient (Wildman–Crippen LogP) is 5.06. The van der Waals surface area contributed by atoms with Crippen molar-refractivity contribution in [3.8, 4) is 11.8 Å². The molecule has 0 radical (unpaired) electrons. The summed E-state index contributed by atoms with van der Waals surface area (Å²) in [4.78, 5) is 0. The monoisotopic (exact) mass is 279 g/mol. The molecule has 0 aliphatic carbocycles. The summed E-state index contributed by atoms with van der Waals surface area (Å²) in [5.74, 6) is -1.79. The Morgan fingerprint density at radius 1 is 1.00 bits per heavy atom. The summed E-state index contributed by atoms with van der Waals surface area (Å²) in [6.07, 6.45) is 0. The Kier molecular flexibility index (Phi) is 7.24. The Bertz CT molecular complexity index is 631. The van der Waals surface area contributed by atoms with Crippen LogP contribution in [0.4, 0.5) is 8.78 Å². The molecule has 0 aliphatic rings. The lowest BCUT2D eigenvalue weighted by molar-refractivity contribution is 0.475. The molecule has 0 saturated heterocycles. The van der Waals surface area contributed by atoms with Gasteiger partial charge in [0.1, 0.15) is 23.5 Å². The lowest BCUT2D eigenvalue weighted by Crippen LogP contribution is -1.93. The number of hydrogen-bond acceptors (Lipinski definition) is 2. The number of rotatable bonds is 0. The van der Waals surface area contributed by atoms with Gasteiger partial charge in [-0.1, -0.05) is 27.7 Å². The van der Waals surface area contributed by atoms with Crippen LogP contribution in [0.2, 0.25) is 0 Å². The fraction of sp³-hybridized carbons (Fsp3) is 0.312. The third kappa shape index (κ3) is 3.45. The van der Waals surface area contributed by atoms with E-state index in [0.717, 1.165) is 0 Å². The van der Waals surface area contributed by atoms with Gasteiger partial charge in [0.15, 0.2) is 0 Å². The van der Waals surface area contributed by atoms with E-state index in [9.17, 15) is 13.9 Å². The number of nitrogens with zero attached hydrogens (tertiary/aromatic N) is 1. The standard InChI is InChI=1S/C12H7F2NO.2C2H6/c1-6-2-7(16)3-8-10(13)4-11(14)9(5-15)12(6)8;2*1-2/h2-4,16H,1H3;2*1-2H3. The van der Waals surface area contributed by atoms with E-state index in [4.69, 9.17) is 5.26 Å². The molecule has 0 spiro atoms. The van der Waals surface area contributed by atoms with Gasteiger partial charge in [0.25, 0.3) is 0 Å². The first kappa shape index (κ1) is 17.8. The molecule has 1 N–H and O–H groups in total. The van der Waals surface area contributed by atoms with E-state index in [-0.39, 0.29) is 22.1 Å². The van der Waals surface area contributed by atoms with Crippen molar-refractivity contribution in [2.75, 3.05) is 0 Å². The first-order chi connectivity index (χ1) is 9.54. The topological polar surface area (TPSA) is 44.0 Å². The number of aryl methyl sites for hydroxylation is 1. The van der Waals surface area contributed by atoms with Crippen molar-refractivity contribution in [1.82, 2.24) is 0 Å². The Hall–Kier alpha value is -2.15. The summed E-state index contributed by atoms with van der Waals surface area (Å²) in [6, 6.07) is 4.90. The fourth-order valence-corrected chi connectivity index (χ4v) is 1.78. The van der Waals surface area contributed by atoms with Gasteiger partial charge in [0.2, 0.25) is 0 Å². The zero-order valence-electron chi connectivity index (χ0n) is 12.4. The number of nitriles is 1. The van der Waals surface area contributed by atoms with E-state index in [1.807, 2.05) is 27.7 Å². The van der Waals surface area contributed by atoms with Crippen LogP contribution in [0.25, 0.3) is 10.8 Å². The van der Waals surface area contributed by atoms with Gasteiger partial charge in [-0.15, -0.1) is 0 Å². The van der Waals surface area contributed by atoms with Crippen LogP contribution in [0.3, 0.4) is 0 Å². The van der Waals surface area contributed by atoms with Gasteiger partial charge in [-0.3, -0.25) is 0 Å². The number of fused-ring (bicyclic) bond motifs is 1. The first-order valence-corrected chi connectivity index (χ1v) is 6.56. The molecule has 0 aliphatic heterocycles. The Balaban J connectivity index is 0.000000829. The van der Waals surface area contributed by atoms with E-state index in [2.05, 4.69) is 0 Å². The number of benzene rings is 2. The minimum atomic E-state index is -0.888. The smallest absolute Gasteiger partial charge is 0.144 e. The summed E-state index contributed by atoms with van der Waals surface area (Å²) in [5, 5.41) is 18.4. The average Bonchev–Trinajstić information content (AvgIpc) is 2.44. The molecule has 4 heteroatoms. The zero-order valence-corrected chi connectivity index (χ0v) is 12.4. The average molecular weight is 279 g/mol. The van der Waals surface area contributed by atoms with Gasteiger partial charge < -0.3 is 5.11 Å². The maximum Gasteiger partial charge on any atom is 0.144 e. The van der Waals surface area contributed by atoms with Crippen LogP contribution in [0.1, 0.15) is 38.8 Å². The van der Waals surface area contributed by atoms with Gasteiger partial charge >= 0.3 is 0 Å². The van der Waals surface area contributed by atoms with Crippen molar-refractivity contribution in [1.29, 1.82) is 5.26 Å². The van der Waals surface area contributed by atoms with Crippen molar-refractivity contribution >= 4 is 10.8 Å². The van der Waals surface area contributed by atoms with E-state index in [0.29, 0.717) is 11.6 Å². The first-order valence-electron chi connectivity index (χ1n) is 6.56. The minimum absolute atomic E-state index is 0.0513. The number of aromatic hydroxyl groups is 1. The highest BCUT2D eigenvalue weighted by molar-refractivity contribution is 5.92. The summed E-state index contributed by atoms with van der Waals surface area (Å²) in [5.41, 5.74) is 0.263. The molecule has 0 fully saturated rings. The van der Waals surface area contributed by atoms with E-state index in [1.54, 1.807) is 13.0 Å². The highest BCUT2D eigenvalue weighted by atomic mass is 19.1. The Morgan fingerprint density at radius 3 is 2.05 bits per heavy atom. The van der Waals surface area contributed by atoms with Gasteiger partial charge in [0, 0.05) is 16.8 Å². The molecule has 108 valence electrons. The van der Waals surface area contributed by atoms with Gasteiger partial charge in [0.05, 0.1) is 5.56 Å². The summed E-state index contributed by atoms with van der Waals surface area (Å²) in [6.45, 7) is 9.59. The molecule has 0 amide bonds. The highest BCUT2D eigenvalue weighted by Crippen LogP contribution is 2.30. The predicted molar refractivity (Wildman–Crippen MR) is 77.7 cm³/mol. The van der Waals surface area contributed by atoms with Gasteiger partial charge in [-0.05, 0) is 24.6 Å². The van der Waals surface area contributed by atoms with E-state index < -0.39 is 11.6 Å². The number of halogens is 2. The molecule has 2 aromatic carbocycles. The molecule has 0 saturated carbocycles. The largest absolute Gasteiger partial charge is 0.508 e. The number of hydrogen-bond donors (Lipinski definition) is 1. The Morgan fingerprint density at radius 2 is 1.55 bits per heavy atom. The van der Waals surface area contributed by atoms with Crippen LogP contribution >= 0.6 is 0 Å². The third-order valence-electron chi connectivity index (χ3n) is 2.43. The Labute approximate surface area is 118 Å². The van der Waals surface area contributed by atoms with Gasteiger partial charge in [-0.25, -0.2) is 8.78 Å². The quantitative estimate of drug-likeness (QED) is 0.732. The molecule has 0 unspecified atom stereocenters.